The topological polar surface area (TPSA) is 96.0 Å². The molecule has 122 valence electrons. The first-order valence-corrected chi connectivity index (χ1v) is 7.66. The van der Waals surface area contributed by atoms with Gasteiger partial charge in [-0.15, -0.1) is 10.2 Å². The first kappa shape index (κ1) is 15.6. The number of aromatic nitrogens is 4. The van der Waals surface area contributed by atoms with Crippen LogP contribution < -0.4 is 5.32 Å². The second kappa shape index (κ2) is 7.30. The highest BCUT2D eigenvalue weighted by atomic mass is 16.7. The van der Waals surface area contributed by atoms with Crippen LogP contribution in [0.3, 0.4) is 0 Å². The number of tetrazole rings is 1. The van der Waals surface area contributed by atoms with E-state index in [2.05, 4.69) is 25.9 Å². The molecule has 1 aliphatic rings. The monoisotopic (exact) mass is 316 g/mol. The van der Waals surface area contributed by atoms with Crippen molar-refractivity contribution in [2.75, 3.05) is 20.2 Å². The van der Waals surface area contributed by atoms with E-state index in [1.54, 1.807) is 7.11 Å². The summed E-state index contributed by atoms with van der Waals surface area (Å²) in [5.74, 6) is 0.706. The Bertz CT molecular complexity index is 637. The fourth-order valence-corrected chi connectivity index (χ4v) is 2.74. The molecule has 1 aliphatic heterocycles. The molecule has 1 saturated heterocycles. The predicted molar refractivity (Wildman–Crippen MR) is 82.8 cm³/mol. The van der Waals surface area contributed by atoms with Gasteiger partial charge in [0.2, 0.25) is 11.7 Å². The summed E-state index contributed by atoms with van der Waals surface area (Å²) in [6.07, 6.45) is 1.64. The molecule has 1 amide bonds. The van der Waals surface area contributed by atoms with E-state index < -0.39 is 0 Å². The van der Waals surface area contributed by atoms with Crippen LogP contribution in [0.1, 0.15) is 18.4 Å². The lowest BCUT2D eigenvalue weighted by Crippen LogP contribution is -2.39. The van der Waals surface area contributed by atoms with Crippen molar-refractivity contribution in [3.8, 4) is 11.4 Å². The van der Waals surface area contributed by atoms with Crippen molar-refractivity contribution >= 4 is 5.91 Å². The summed E-state index contributed by atoms with van der Waals surface area (Å²) in [5.41, 5.74) is 1.88. The second-order valence-corrected chi connectivity index (χ2v) is 5.54. The molecule has 0 atom stereocenters. The third kappa shape index (κ3) is 3.91. The van der Waals surface area contributed by atoms with E-state index in [4.69, 9.17) is 4.84 Å². The van der Waals surface area contributed by atoms with E-state index >= 15 is 0 Å². The highest BCUT2D eigenvalue weighted by Crippen LogP contribution is 2.18. The van der Waals surface area contributed by atoms with Crippen molar-refractivity contribution in [1.82, 2.24) is 31.0 Å². The van der Waals surface area contributed by atoms with Gasteiger partial charge in [0.05, 0.1) is 7.11 Å². The molecule has 1 aromatic carbocycles. The van der Waals surface area contributed by atoms with Gasteiger partial charge in [-0.1, -0.05) is 18.2 Å². The van der Waals surface area contributed by atoms with Gasteiger partial charge in [0, 0.05) is 31.1 Å². The van der Waals surface area contributed by atoms with Crippen molar-refractivity contribution in [3.63, 3.8) is 0 Å². The maximum absolute atomic E-state index is 12.3. The molecule has 0 bridgehead atoms. The number of hydrogen-bond donors (Lipinski definition) is 2. The van der Waals surface area contributed by atoms with Crippen molar-refractivity contribution in [2.45, 2.75) is 19.4 Å². The normalized spacial score (nSPS) is 16.4. The van der Waals surface area contributed by atoms with Gasteiger partial charge in [0.25, 0.3) is 0 Å². The maximum Gasteiger partial charge on any atom is 0.223 e. The van der Waals surface area contributed by atoms with Crippen LogP contribution in [0.25, 0.3) is 11.4 Å². The average Bonchev–Trinajstić information content (AvgIpc) is 3.15. The van der Waals surface area contributed by atoms with Crippen LogP contribution >= 0.6 is 0 Å². The van der Waals surface area contributed by atoms with Gasteiger partial charge in [0.15, 0.2) is 0 Å². The second-order valence-electron chi connectivity index (χ2n) is 5.54. The Labute approximate surface area is 134 Å². The summed E-state index contributed by atoms with van der Waals surface area (Å²) in [6, 6.07) is 7.76. The molecule has 0 spiro atoms. The van der Waals surface area contributed by atoms with E-state index in [1.165, 1.54) is 0 Å². The van der Waals surface area contributed by atoms with Crippen molar-refractivity contribution in [2.24, 2.45) is 5.92 Å². The standard InChI is InChI=1S/C15H20N6O2/c1-23-21-7-5-12(6-8-21)15(22)16-10-11-3-2-4-13(9-11)14-17-19-20-18-14/h2-4,9,12H,5-8,10H2,1H3,(H,16,22)(H,17,18,19,20). The summed E-state index contributed by atoms with van der Waals surface area (Å²) < 4.78 is 0. The van der Waals surface area contributed by atoms with E-state index in [0.29, 0.717) is 12.4 Å². The summed E-state index contributed by atoms with van der Waals surface area (Å²) in [4.78, 5) is 17.4. The van der Waals surface area contributed by atoms with Gasteiger partial charge < -0.3 is 10.2 Å². The van der Waals surface area contributed by atoms with Gasteiger partial charge in [-0.25, -0.2) is 0 Å². The minimum atomic E-state index is 0.0572. The molecular weight excluding hydrogens is 296 g/mol. The minimum absolute atomic E-state index is 0.0572. The zero-order valence-electron chi connectivity index (χ0n) is 13.0. The number of benzene rings is 1. The van der Waals surface area contributed by atoms with Gasteiger partial charge in [-0.05, 0) is 29.7 Å². The lowest BCUT2D eigenvalue weighted by atomic mass is 9.97. The van der Waals surface area contributed by atoms with Crippen LogP contribution in [0.5, 0.6) is 0 Å². The highest BCUT2D eigenvalue weighted by molar-refractivity contribution is 5.78. The molecule has 1 fully saturated rings. The van der Waals surface area contributed by atoms with Crippen LogP contribution in [0.15, 0.2) is 24.3 Å². The first-order valence-electron chi connectivity index (χ1n) is 7.66. The smallest absolute Gasteiger partial charge is 0.223 e. The van der Waals surface area contributed by atoms with Crippen LogP contribution in [-0.2, 0) is 16.2 Å². The maximum atomic E-state index is 12.3. The van der Waals surface area contributed by atoms with E-state index in [1.807, 2.05) is 29.3 Å². The quantitative estimate of drug-likeness (QED) is 0.845. The van der Waals surface area contributed by atoms with Crippen molar-refractivity contribution < 1.29 is 9.63 Å². The average molecular weight is 316 g/mol. The van der Waals surface area contributed by atoms with Crippen molar-refractivity contribution in [1.29, 1.82) is 0 Å². The molecule has 2 heterocycles. The number of carbonyl (C=O) groups excluding carboxylic acids is 1. The fourth-order valence-electron chi connectivity index (χ4n) is 2.74. The van der Waals surface area contributed by atoms with E-state index in [-0.39, 0.29) is 11.8 Å². The van der Waals surface area contributed by atoms with Crippen LogP contribution in [-0.4, -0.2) is 51.8 Å². The molecule has 8 nitrogen and oxygen atoms in total. The van der Waals surface area contributed by atoms with Crippen LogP contribution in [0.4, 0.5) is 0 Å². The summed E-state index contributed by atoms with van der Waals surface area (Å²) in [7, 11) is 1.66. The Morgan fingerprint density at radius 1 is 1.43 bits per heavy atom. The minimum Gasteiger partial charge on any atom is -0.352 e. The molecule has 8 heteroatoms. The number of carbonyl (C=O) groups is 1. The number of piperidine rings is 1. The number of hydrogen-bond acceptors (Lipinski definition) is 6. The Morgan fingerprint density at radius 3 is 2.96 bits per heavy atom. The number of aromatic amines is 1. The Balaban J connectivity index is 1.54. The number of amides is 1. The largest absolute Gasteiger partial charge is 0.352 e. The molecule has 3 rings (SSSR count). The molecular formula is C15H20N6O2. The molecule has 0 radical (unpaired) electrons. The summed E-state index contributed by atoms with van der Waals surface area (Å²) in [5, 5.41) is 18.8. The Morgan fingerprint density at radius 2 is 2.26 bits per heavy atom. The van der Waals surface area contributed by atoms with Crippen LogP contribution in [0, 0.1) is 5.92 Å². The van der Waals surface area contributed by atoms with Crippen LogP contribution in [0.2, 0.25) is 0 Å². The SMILES string of the molecule is CON1CCC(C(=O)NCc2cccc(-c3nn[nH]n3)c2)CC1. The van der Waals surface area contributed by atoms with Gasteiger partial charge >= 0.3 is 0 Å². The van der Waals surface area contributed by atoms with E-state index in [0.717, 1.165) is 37.1 Å². The lowest BCUT2D eigenvalue weighted by molar-refractivity contribution is -0.154. The molecule has 2 N–H and O–H groups in total. The third-order valence-electron chi connectivity index (χ3n) is 4.08. The van der Waals surface area contributed by atoms with E-state index in [9.17, 15) is 4.79 Å². The zero-order valence-corrected chi connectivity index (χ0v) is 13.0. The molecule has 0 aliphatic carbocycles. The zero-order chi connectivity index (χ0) is 16.1. The Kier molecular flexibility index (Phi) is 4.94. The molecule has 2 aromatic rings. The highest BCUT2D eigenvalue weighted by Gasteiger charge is 2.24. The third-order valence-corrected chi connectivity index (χ3v) is 4.08. The number of nitrogens with zero attached hydrogens (tertiary/aromatic N) is 4. The molecule has 23 heavy (non-hydrogen) atoms. The lowest BCUT2D eigenvalue weighted by Gasteiger charge is -2.29. The summed E-state index contributed by atoms with van der Waals surface area (Å²) >= 11 is 0. The summed E-state index contributed by atoms with van der Waals surface area (Å²) in [6.45, 7) is 2.08. The Hall–Kier alpha value is -2.32. The van der Waals surface area contributed by atoms with Gasteiger partial charge in [0.1, 0.15) is 0 Å². The number of nitrogens with one attached hydrogen (secondary N) is 2. The number of rotatable bonds is 5. The molecule has 0 unspecified atom stereocenters. The predicted octanol–water partition coefficient (Wildman–Crippen LogP) is 0.756. The fraction of sp³-hybridized carbons (Fsp3) is 0.467. The number of H-pyrrole nitrogens is 1. The molecule has 0 saturated carbocycles. The first-order chi connectivity index (χ1) is 11.3. The van der Waals surface area contributed by atoms with Crippen molar-refractivity contribution in [3.05, 3.63) is 29.8 Å². The van der Waals surface area contributed by atoms with Gasteiger partial charge in [-0.3, -0.25) is 4.79 Å². The number of hydroxylamine groups is 2. The van der Waals surface area contributed by atoms with Gasteiger partial charge in [-0.2, -0.15) is 10.3 Å². The molecule has 1 aromatic heterocycles.